The second kappa shape index (κ2) is 7.49. The summed E-state index contributed by atoms with van der Waals surface area (Å²) in [4.78, 5) is 12.4. The number of aryl methyl sites for hydroxylation is 1. The Hall–Kier alpha value is -2.75. The zero-order valence-corrected chi connectivity index (χ0v) is 13.5. The molecule has 0 fully saturated rings. The molecule has 2 aromatic rings. The summed E-state index contributed by atoms with van der Waals surface area (Å²) in [7, 11) is 1.54. The van der Waals surface area contributed by atoms with Crippen LogP contribution in [0.25, 0.3) is 6.08 Å². The number of hydrogen-bond donors (Lipinski definition) is 1. The van der Waals surface area contributed by atoms with Gasteiger partial charge in [0.15, 0.2) is 17.3 Å². The quantitative estimate of drug-likeness (QED) is 0.647. The van der Waals surface area contributed by atoms with Crippen LogP contribution in [-0.2, 0) is 0 Å². The van der Waals surface area contributed by atoms with Crippen LogP contribution < -0.4 is 9.47 Å². The topological polar surface area (TPSA) is 55.8 Å². The SMILES string of the molecule is CCOc1cc(/C=C/C(=O)c2cc(C)ccc2OC)ccc1O. The normalized spacial score (nSPS) is 10.7. The van der Waals surface area contributed by atoms with Gasteiger partial charge in [-0.3, -0.25) is 4.79 Å². The van der Waals surface area contributed by atoms with Crippen molar-refractivity contribution < 1.29 is 19.4 Å². The van der Waals surface area contributed by atoms with Crippen molar-refractivity contribution in [2.45, 2.75) is 13.8 Å². The number of phenols is 1. The lowest BCUT2D eigenvalue weighted by atomic mass is 10.1. The summed E-state index contributed by atoms with van der Waals surface area (Å²) >= 11 is 0. The molecule has 0 saturated heterocycles. The van der Waals surface area contributed by atoms with Crippen LogP contribution in [0.4, 0.5) is 0 Å². The van der Waals surface area contributed by atoms with E-state index >= 15 is 0 Å². The van der Waals surface area contributed by atoms with Gasteiger partial charge in [0.05, 0.1) is 19.3 Å². The number of aromatic hydroxyl groups is 1. The molecular formula is C19H20O4. The van der Waals surface area contributed by atoms with Gasteiger partial charge < -0.3 is 14.6 Å². The second-order valence-electron chi connectivity index (χ2n) is 5.06. The molecule has 0 atom stereocenters. The van der Waals surface area contributed by atoms with E-state index in [0.29, 0.717) is 23.7 Å². The molecule has 23 heavy (non-hydrogen) atoms. The molecule has 2 rings (SSSR count). The van der Waals surface area contributed by atoms with Crippen molar-refractivity contribution in [1.82, 2.24) is 0 Å². The first-order chi connectivity index (χ1) is 11.0. The molecule has 0 bridgehead atoms. The molecule has 0 aliphatic rings. The minimum absolute atomic E-state index is 0.0793. The number of allylic oxidation sites excluding steroid dienone is 1. The highest BCUT2D eigenvalue weighted by atomic mass is 16.5. The van der Waals surface area contributed by atoms with E-state index < -0.39 is 0 Å². The van der Waals surface area contributed by atoms with Gasteiger partial charge >= 0.3 is 0 Å². The first-order valence-corrected chi connectivity index (χ1v) is 7.38. The monoisotopic (exact) mass is 312 g/mol. The van der Waals surface area contributed by atoms with Gasteiger partial charge in [0, 0.05) is 0 Å². The Kier molecular flexibility index (Phi) is 5.41. The highest BCUT2D eigenvalue weighted by Gasteiger charge is 2.10. The van der Waals surface area contributed by atoms with E-state index in [9.17, 15) is 9.90 Å². The average molecular weight is 312 g/mol. The molecule has 2 aromatic carbocycles. The molecule has 0 heterocycles. The maximum atomic E-state index is 12.4. The molecule has 0 radical (unpaired) electrons. The van der Waals surface area contributed by atoms with Crippen molar-refractivity contribution in [3.63, 3.8) is 0 Å². The number of carbonyl (C=O) groups excluding carboxylic acids is 1. The van der Waals surface area contributed by atoms with E-state index in [4.69, 9.17) is 9.47 Å². The lowest BCUT2D eigenvalue weighted by Crippen LogP contribution is -1.99. The molecule has 4 heteroatoms. The van der Waals surface area contributed by atoms with Crippen molar-refractivity contribution >= 4 is 11.9 Å². The first kappa shape index (κ1) is 16.6. The van der Waals surface area contributed by atoms with Crippen molar-refractivity contribution in [3.8, 4) is 17.2 Å². The van der Waals surface area contributed by atoms with Crippen molar-refractivity contribution in [2.75, 3.05) is 13.7 Å². The summed E-state index contributed by atoms with van der Waals surface area (Å²) in [5.41, 5.74) is 2.28. The van der Waals surface area contributed by atoms with Crippen molar-refractivity contribution in [2.24, 2.45) is 0 Å². The maximum Gasteiger partial charge on any atom is 0.189 e. The van der Waals surface area contributed by atoms with Crippen LogP contribution in [0.2, 0.25) is 0 Å². The van der Waals surface area contributed by atoms with Crippen LogP contribution in [0.15, 0.2) is 42.5 Å². The Morgan fingerprint density at radius 1 is 1.17 bits per heavy atom. The molecule has 0 spiro atoms. The van der Waals surface area contributed by atoms with E-state index in [2.05, 4.69) is 0 Å². The highest BCUT2D eigenvalue weighted by molar-refractivity contribution is 6.08. The fourth-order valence-corrected chi connectivity index (χ4v) is 2.18. The number of rotatable bonds is 6. The smallest absolute Gasteiger partial charge is 0.189 e. The Morgan fingerprint density at radius 2 is 1.96 bits per heavy atom. The minimum Gasteiger partial charge on any atom is -0.504 e. The Balaban J connectivity index is 2.25. The third-order valence-corrected chi connectivity index (χ3v) is 3.33. The van der Waals surface area contributed by atoms with Gasteiger partial charge in [-0.1, -0.05) is 23.8 Å². The zero-order chi connectivity index (χ0) is 16.8. The van der Waals surface area contributed by atoms with Gasteiger partial charge in [0.2, 0.25) is 0 Å². The third kappa shape index (κ3) is 4.13. The van der Waals surface area contributed by atoms with Crippen LogP contribution in [0, 0.1) is 6.92 Å². The number of carbonyl (C=O) groups is 1. The lowest BCUT2D eigenvalue weighted by Gasteiger charge is -2.07. The molecule has 1 N–H and O–H groups in total. The van der Waals surface area contributed by atoms with Gasteiger partial charge in [-0.25, -0.2) is 0 Å². The first-order valence-electron chi connectivity index (χ1n) is 7.38. The molecule has 120 valence electrons. The standard InChI is InChI=1S/C19H20O4/c1-4-23-19-12-14(7-9-17(19)21)6-8-16(20)15-11-13(2)5-10-18(15)22-3/h5-12,21H,4H2,1-3H3/b8-6+. The largest absolute Gasteiger partial charge is 0.504 e. The van der Waals surface area contributed by atoms with Crippen molar-refractivity contribution in [3.05, 3.63) is 59.2 Å². The van der Waals surface area contributed by atoms with Crippen LogP contribution in [-0.4, -0.2) is 24.6 Å². The number of benzene rings is 2. The molecule has 0 aliphatic carbocycles. The van der Waals surface area contributed by atoms with E-state index in [0.717, 1.165) is 11.1 Å². The summed E-state index contributed by atoms with van der Waals surface area (Å²) in [5, 5.41) is 9.69. The molecule has 0 saturated carbocycles. The summed E-state index contributed by atoms with van der Waals surface area (Å²) in [6, 6.07) is 10.4. The molecule has 0 unspecified atom stereocenters. The summed E-state index contributed by atoms with van der Waals surface area (Å²) in [6.07, 6.45) is 3.17. The van der Waals surface area contributed by atoms with Gasteiger partial charge in [-0.15, -0.1) is 0 Å². The second-order valence-corrected chi connectivity index (χ2v) is 5.06. The van der Waals surface area contributed by atoms with Crippen LogP contribution in [0.5, 0.6) is 17.2 Å². The lowest BCUT2D eigenvalue weighted by molar-refractivity contribution is 0.104. The highest BCUT2D eigenvalue weighted by Crippen LogP contribution is 2.27. The number of phenolic OH excluding ortho intramolecular Hbond substituents is 1. The fourth-order valence-electron chi connectivity index (χ4n) is 2.18. The maximum absolute atomic E-state index is 12.4. The fraction of sp³-hybridized carbons (Fsp3) is 0.211. The summed E-state index contributed by atoms with van der Waals surface area (Å²) in [6.45, 7) is 4.23. The average Bonchev–Trinajstić information content (AvgIpc) is 2.55. The van der Waals surface area contributed by atoms with Gasteiger partial charge in [-0.05, 0) is 49.8 Å². The van der Waals surface area contributed by atoms with E-state index in [-0.39, 0.29) is 11.5 Å². The minimum atomic E-state index is -0.142. The number of ketones is 1. The predicted molar refractivity (Wildman–Crippen MR) is 90.4 cm³/mol. The van der Waals surface area contributed by atoms with Crippen LogP contribution in [0.3, 0.4) is 0 Å². The number of ether oxygens (including phenoxy) is 2. The van der Waals surface area contributed by atoms with Gasteiger partial charge in [0.1, 0.15) is 5.75 Å². The number of methoxy groups -OCH3 is 1. The molecule has 0 aliphatic heterocycles. The summed E-state index contributed by atoms with van der Waals surface area (Å²) < 4.78 is 10.6. The Labute approximate surface area is 136 Å². The van der Waals surface area contributed by atoms with Gasteiger partial charge in [0.25, 0.3) is 0 Å². The molecule has 0 amide bonds. The van der Waals surface area contributed by atoms with E-state index in [1.165, 1.54) is 6.08 Å². The predicted octanol–water partition coefficient (Wildman–Crippen LogP) is 4.00. The Morgan fingerprint density at radius 3 is 2.65 bits per heavy atom. The van der Waals surface area contributed by atoms with Crippen LogP contribution in [0.1, 0.15) is 28.4 Å². The zero-order valence-electron chi connectivity index (χ0n) is 13.5. The van der Waals surface area contributed by atoms with Crippen LogP contribution >= 0.6 is 0 Å². The summed E-state index contributed by atoms with van der Waals surface area (Å²) in [5.74, 6) is 0.883. The molecule has 4 nitrogen and oxygen atoms in total. The van der Waals surface area contributed by atoms with Gasteiger partial charge in [-0.2, -0.15) is 0 Å². The molecular weight excluding hydrogens is 292 g/mol. The Bertz CT molecular complexity index is 732. The van der Waals surface area contributed by atoms with E-state index in [1.807, 2.05) is 19.9 Å². The van der Waals surface area contributed by atoms with Crippen molar-refractivity contribution in [1.29, 1.82) is 0 Å². The van der Waals surface area contributed by atoms with E-state index in [1.54, 1.807) is 43.5 Å². The number of hydrogen-bond acceptors (Lipinski definition) is 4. The molecule has 0 aromatic heterocycles. The third-order valence-electron chi connectivity index (χ3n) is 3.33.